The Hall–Kier alpha value is -1.40. The lowest BCUT2D eigenvalue weighted by atomic mass is 10.1. The molecule has 4 nitrogen and oxygen atoms in total. The third-order valence-electron chi connectivity index (χ3n) is 2.70. The lowest BCUT2D eigenvalue weighted by molar-refractivity contribution is 0.0935. The molecule has 19 heavy (non-hydrogen) atoms. The Morgan fingerprint density at radius 3 is 3.00 bits per heavy atom. The van der Waals surface area contributed by atoms with Crippen LogP contribution in [0, 0.1) is 0 Å². The summed E-state index contributed by atoms with van der Waals surface area (Å²) in [5, 5.41) is 5.79. The maximum atomic E-state index is 12.3. The quantitative estimate of drug-likeness (QED) is 0.839. The first kappa shape index (κ1) is 14.0. The molecular weight excluding hydrogens is 326 g/mol. The van der Waals surface area contributed by atoms with Crippen molar-refractivity contribution < 1.29 is 4.79 Å². The van der Waals surface area contributed by atoms with E-state index in [1.807, 2.05) is 12.3 Å². The fourth-order valence-electron chi connectivity index (χ4n) is 1.70. The van der Waals surface area contributed by atoms with Crippen LogP contribution in [-0.4, -0.2) is 10.9 Å². The summed E-state index contributed by atoms with van der Waals surface area (Å²) in [4.78, 5) is 16.5. The maximum absolute atomic E-state index is 12.3. The number of carbonyl (C=O) groups excluding carboxylic acids is 1. The lowest BCUT2D eigenvalue weighted by Gasteiger charge is -2.15. The summed E-state index contributed by atoms with van der Waals surface area (Å²) in [5.74, 6) is -0.152. The first-order valence-electron chi connectivity index (χ1n) is 5.87. The van der Waals surface area contributed by atoms with E-state index in [1.165, 1.54) is 11.3 Å². The van der Waals surface area contributed by atoms with E-state index >= 15 is 0 Å². The maximum Gasteiger partial charge on any atom is 0.253 e. The molecule has 1 unspecified atom stereocenters. The molecule has 6 heteroatoms. The van der Waals surface area contributed by atoms with Gasteiger partial charge < -0.3 is 11.1 Å². The van der Waals surface area contributed by atoms with E-state index in [1.54, 1.807) is 24.4 Å². The number of rotatable bonds is 4. The first-order valence-corrected chi connectivity index (χ1v) is 7.54. The summed E-state index contributed by atoms with van der Waals surface area (Å²) < 4.78 is 0.730. The molecule has 0 aliphatic carbocycles. The van der Waals surface area contributed by atoms with Crippen LogP contribution in [0.4, 0.5) is 5.69 Å². The van der Waals surface area contributed by atoms with Crippen LogP contribution < -0.4 is 11.1 Å². The molecule has 0 bridgehead atoms. The van der Waals surface area contributed by atoms with Gasteiger partial charge in [0.05, 0.1) is 11.6 Å². The predicted molar refractivity (Wildman–Crippen MR) is 81.2 cm³/mol. The van der Waals surface area contributed by atoms with Crippen LogP contribution in [0.2, 0.25) is 0 Å². The van der Waals surface area contributed by atoms with Gasteiger partial charge in [0.2, 0.25) is 0 Å². The van der Waals surface area contributed by atoms with Crippen molar-refractivity contribution in [2.75, 3.05) is 5.73 Å². The predicted octanol–water partition coefficient (Wildman–Crippen LogP) is 3.37. The summed E-state index contributed by atoms with van der Waals surface area (Å²) >= 11 is 4.90. The average Bonchev–Trinajstić information content (AvgIpc) is 2.92. The molecular formula is C13H14BrN3OS. The number of aromatic nitrogens is 1. The van der Waals surface area contributed by atoms with Crippen LogP contribution in [0.1, 0.15) is 34.8 Å². The molecule has 2 aromatic rings. The van der Waals surface area contributed by atoms with Crippen molar-refractivity contribution in [3.05, 3.63) is 44.8 Å². The highest BCUT2D eigenvalue weighted by atomic mass is 79.9. The number of nitrogen functional groups attached to an aromatic ring is 1. The molecule has 0 aliphatic heterocycles. The van der Waals surface area contributed by atoms with Crippen molar-refractivity contribution in [1.82, 2.24) is 10.3 Å². The highest BCUT2D eigenvalue weighted by Crippen LogP contribution is 2.23. The molecule has 1 aromatic carbocycles. The van der Waals surface area contributed by atoms with E-state index in [4.69, 9.17) is 5.73 Å². The molecule has 100 valence electrons. The summed E-state index contributed by atoms with van der Waals surface area (Å²) in [6.45, 7) is 2.01. The molecule has 1 aromatic heterocycles. The monoisotopic (exact) mass is 339 g/mol. The number of amides is 1. The SMILES string of the molecule is CCC(NC(=O)c1cc(N)ccc1Br)c1nccs1. The normalized spacial score (nSPS) is 12.1. The van der Waals surface area contributed by atoms with E-state index in [0.717, 1.165) is 15.9 Å². The molecule has 1 amide bonds. The molecule has 0 radical (unpaired) electrons. The zero-order valence-corrected chi connectivity index (χ0v) is 12.8. The number of nitrogens with two attached hydrogens (primary N) is 1. The van der Waals surface area contributed by atoms with Crippen molar-refractivity contribution >= 4 is 38.9 Å². The van der Waals surface area contributed by atoms with Crippen molar-refractivity contribution in [2.24, 2.45) is 0 Å². The topological polar surface area (TPSA) is 68.0 Å². The van der Waals surface area contributed by atoms with Crippen LogP contribution in [0.5, 0.6) is 0 Å². The second-order valence-electron chi connectivity index (χ2n) is 4.04. The minimum Gasteiger partial charge on any atom is -0.399 e. The molecule has 0 fully saturated rings. The number of nitrogens with zero attached hydrogens (tertiary/aromatic N) is 1. The Labute approximate surface area is 124 Å². The van der Waals surface area contributed by atoms with Gasteiger partial charge in [-0.05, 0) is 40.5 Å². The van der Waals surface area contributed by atoms with Crippen LogP contribution in [0.25, 0.3) is 0 Å². The number of halogens is 1. The van der Waals surface area contributed by atoms with Gasteiger partial charge in [0.25, 0.3) is 5.91 Å². The van der Waals surface area contributed by atoms with Crippen LogP contribution >= 0.6 is 27.3 Å². The van der Waals surface area contributed by atoms with Crippen molar-refractivity contribution in [1.29, 1.82) is 0 Å². The molecule has 0 aliphatic rings. The zero-order chi connectivity index (χ0) is 13.8. The number of anilines is 1. The average molecular weight is 340 g/mol. The summed E-state index contributed by atoms with van der Waals surface area (Å²) in [7, 11) is 0. The van der Waals surface area contributed by atoms with Gasteiger partial charge in [-0.1, -0.05) is 6.92 Å². The highest BCUT2D eigenvalue weighted by molar-refractivity contribution is 9.10. The second kappa shape index (κ2) is 6.16. The Morgan fingerprint density at radius 2 is 2.37 bits per heavy atom. The third-order valence-corrected chi connectivity index (χ3v) is 4.28. The molecule has 0 saturated carbocycles. The lowest BCUT2D eigenvalue weighted by Crippen LogP contribution is -2.28. The minimum absolute atomic E-state index is 0.0687. The Morgan fingerprint density at radius 1 is 1.58 bits per heavy atom. The highest BCUT2D eigenvalue weighted by Gasteiger charge is 2.17. The molecule has 1 heterocycles. The van der Waals surface area contributed by atoms with Gasteiger partial charge >= 0.3 is 0 Å². The van der Waals surface area contributed by atoms with Gasteiger partial charge in [-0.2, -0.15) is 0 Å². The second-order valence-corrected chi connectivity index (χ2v) is 5.82. The van der Waals surface area contributed by atoms with Gasteiger partial charge in [0, 0.05) is 21.7 Å². The number of nitrogens with one attached hydrogen (secondary N) is 1. The van der Waals surface area contributed by atoms with Crippen LogP contribution in [0.15, 0.2) is 34.2 Å². The number of thiazole rings is 1. The first-order chi connectivity index (χ1) is 9.11. The smallest absolute Gasteiger partial charge is 0.253 e. The summed E-state index contributed by atoms with van der Waals surface area (Å²) in [6, 6.07) is 5.11. The van der Waals surface area contributed by atoms with E-state index in [0.29, 0.717) is 11.3 Å². The molecule has 0 spiro atoms. The van der Waals surface area contributed by atoms with Crippen molar-refractivity contribution in [3.8, 4) is 0 Å². The van der Waals surface area contributed by atoms with Crippen LogP contribution in [0.3, 0.4) is 0 Å². The fourth-order valence-corrected chi connectivity index (χ4v) is 2.90. The van der Waals surface area contributed by atoms with Gasteiger partial charge in [-0.25, -0.2) is 4.98 Å². The molecule has 1 atom stereocenters. The van der Waals surface area contributed by atoms with Crippen molar-refractivity contribution in [2.45, 2.75) is 19.4 Å². The van der Waals surface area contributed by atoms with E-state index in [-0.39, 0.29) is 11.9 Å². The molecule has 0 saturated heterocycles. The number of carbonyl (C=O) groups is 1. The van der Waals surface area contributed by atoms with Crippen LogP contribution in [-0.2, 0) is 0 Å². The van der Waals surface area contributed by atoms with Gasteiger partial charge in [-0.3, -0.25) is 4.79 Å². The number of hydrogen-bond donors (Lipinski definition) is 2. The Bertz CT molecular complexity index is 571. The molecule has 2 rings (SSSR count). The van der Waals surface area contributed by atoms with E-state index < -0.39 is 0 Å². The minimum atomic E-state index is -0.152. The summed E-state index contributed by atoms with van der Waals surface area (Å²) in [6.07, 6.45) is 2.53. The van der Waals surface area contributed by atoms with E-state index in [9.17, 15) is 4.79 Å². The molecule has 3 N–H and O–H groups in total. The van der Waals surface area contributed by atoms with Gasteiger partial charge in [0.1, 0.15) is 5.01 Å². The zero-order valence-electron chi connectivity index (χ0n) is 10.4. The standard InChI is InChI=1S/C13H14BrN3OS/c1-2-11(13-16-5-6-19-13)17-12(18)9-7-8(15)3-4-10(9)14/h3-7,11H,2,15H2,1H3,(H,17,18). The van der Waals surface area contributed by atoms with E-state index in [2.05, 4.69) is 26.2 Å². The van der Waals surface area contributed by atoms with Crippen molar-refractivity contribution in [3.63, 3.8) is 0 Å². The Balaban J connectivity index is 2.18. The number of benzene rings is 1. The largest absolute Gasteiger partial charge is 0.399 e. The Kier molecular flexibility index (Phi) is 4.55. The third kappa shape index (κ3) is 3.33. The fraction of sp³-hybridized carbons (Fsp3) is 0.231. The summed E-state index contributed by atoms with van der Waals surface area (Å²) in [5.41, 5.74) is 6.81. The van der Waals surface area contributed by atoms with Gasteiger partial charge in [-0.15, -0.1) is 11.3 Å². The van der Waals surface area contributed by atoms with Gasteiger partial charge in [0.15, 0.2) is 0 Å². The number of hydrogen-bond acceptors (Lipinski definition) is 4.